The largest absolute Gasteiger partial charge is 0.382 e. The number of carbonyl (C=O) groups excluding carboxylic acids is 1. The van der Waals surface area contributed by atoms with E-state index in [0.717, 1.165) is 37.8 Å². The van der Waals surface area contributed by atoms with Crippen molar-refractivity contribution in [3.05, 3.63) is 47.0 Å². The Kier molecular flexibility index (Phi) is 5.14. The topological polar surface area (TPSA) is 151 Å². The summed E-state index contributed by atoms with van der Waals surface area (Å²) in [5, 5.41) is 24.8. The molecule has 0 aliphatic rings. The molecule has 4 aromatic heterocycles. The Morgan fingerprint density at radius 3 is 2.87 bits per heavy atom. The van der Waals surface area contributed by atoms with Crippen LogP contribution in [0.4, 0.5) is 5.82 Å². The van der Waals surface area contributed by atoms with Gasteiger partial charge in [-0.2, -0.15) is 10.3 Å². The zero-order valence-electron chi connectivity index (χ0n) is 16.1. The maximum Gasteiger partial charge on any atom is 0.261 e. The third kappa shape index (κ3) is 3.90. The van der Waals surface area contributed by atoms with Crippen LogP contribution in [-0.4, -0.2) is 48.3 Å². The van der Waals surface area contributed by atoms with Crippen molar-refractivity contribution < 1.29 is 4.79 Å². The van der Waals surface area contributed by atoms with Gasteiger partial charge < -0.3 is 11.1 Å². The molecular weight excluding hydrogens is 434 g/mol. The first kappa shape index (κ1) is 19.3. The number of benzene rings is 1. The quantitative estimate of drug-likeness (QED) is 0.278. The lowest BCUT2D eigenvalue weighted by Crippen LogP contribution is -2.23. The number of fused-ring (bicyclic) bond motifs is 1. The van der Waals surface area contributed by atoms with Crippen LogP contribution in [0.15, 0.2) is 36.4 Å². The van der Waals surface area contributed by atoms with Crippen molar-refractivity contribution in [1.82, 2.24) is 41.1 Å². The third-order valence-corrected chi connectivity index (χ3v) is 6.80. The van der Waals surface area contributed by atoms with E-state index in [9.17, 15) is 4.79 Å². The van der Waals surface area contributed by atoms with Crippen LogP contribution in [0.25, 0.3) is 31.5 Å². The molecule has 10 nitrogen and oxygen atoms in total. The molecule has 1 amide bonds. The summed E-state index contributed by atoms with van der Waals surface area (Å²) in [6.07, 6.45) is 1.42. The number of hydrogen-bond donors (Lipinski definition) is 4. The molecule has 31 heavy (non-hydrogen) atoms. The van der Waals surface area contributed by atoms with Crippen LogP contribution < -0.4 is 11.1 Å². The lowest BCUT2D eigenvalue weighted by Gasteiger charge is -2.04. The Labute approximate surface area is 183 Å². The number of amides is 1. The predicted octanol–water partition coefficient (Wildman–Crippen LogP) is 2.87. The highest BCUT2D eigenvalue weighted by atomic mass is 32.1. The molecule has 0 spiro atoms. The number of H-pyrrole nitrogens is 2. The number of rotatable bonds is 7. The molecule has 0 aliphatic heterocycles. The van der Waals surface area contributed by atoms with Crippen molar-refractivity contribution in [2.45, 2.75) is 12.8 Å². The van der Waals surface area contributed by atoms with Gasteiger partial charge in [0.25, 0.3) is 5.91 Å². The van der Waals surface area contributed by atoms with E-state index >= 15 is 0 Å². The maximum absolute atomic E-state index is 12.4. The number of tetrazole rings is 1. The molecule has 0 atom stereocenters. The predicted molar refractivity (Wildman–Crippen MR) is 120 cm³/mol. The highest BCUT2D eigenvalue weighted by Gasteiger charge is 2.17. The first-order chi connectivity index (χ1) is 15.2. The van der Waals surface area contributed by atoms with Gasteiger partial charge in [-0.25, -0.2) is 4.98 Å². The van der Waals surface area contributed by atoms with Crippen LogP contribution in [0, 0.1) is 0 Å². The highest BCUT2D eigenvalue weighted by molar-refractivity contribution is 7.21. The highest BCUT2D eigenvalue weighted by Crippen LogP contribution is 2.35. The standard InChI is InChI=1S/C19H17N9OS2/c20-16-15(19-22-10-4-1-2-6-12(10)31-19)11(23-24-16)5-3-9-21-18(29)14-8-7-13(30-14)17-25-27-28-26-17/h1-2,4,6-8H,3,5,9H2,(H,21,29)(H3,20,23,24)(H,25,26,27,28). The Balaban J connectivity index is 1.21. The third-order valence-electron chi connectivity index (χ3n) is 4.66. The van der Waals surface area contributed by atoms with E-state index in [-0.39, 0.29) is 5.91 Å². The van der Waals surface area contributed by atoms with Crippen LogP contribution in [0.3, 0.4) is 0 Å². The average molecular weight is 452 g/mol. The molecule has 0 unspecified atom stereocenters. The number of thiophene rings is 1. The van der Waals surface area contributed by atoms with Crippen molar-refractivity contribution in [3.63, 3.8) is 0 Å². The smallest absolute Gasteiger partial charge is 0.261 e. The van der Waals surface area contributed by atoms with E-state index in [2.05, 4.69) is 41.1 Å². The number of carbonyl (C=O) groups is 1. The Bertz CT molecular complexity index is 1300. The average Bonchev–Trinajstić information content (AvgIpc) is 3.56. The van der Waals surface area contributed by atoms with Crippen LogP contribution in [-0.2, 0) is 6.42 Å². The van der Waals surface area contributed by atoms with E-state index < -0.39 is 0 Å². The van der Waals surface area contributed by atoms with Crippen molar-refractivity contribution >= 4 is 44.6 Å². The van der Waals surface area contributed by atoms with Crippen molar-refractivity contribution in [3.8, 4) is 21.3 Å². The SMILES string of the molecule is Nc1n[nH]c(CCCNC(=O)c2ccc(-c3nn[nH]n3)s2)c1-c1nc2ccccc2s1. The number of aromatic nitrogens is 7. The van der Waals surface area contributed by atoms with Gasteiger partial charge in [-0.1, -0.05) is 12.1 Å². The molecule has 12 heteroatoms. The summed E-state index contributed by atoms with van der Waals surface area (Å²) in [6.45, 7) is 0.520. The number of nitrogen functional groups attached to an aromatic ring is 1. The first-order valence-corrected chi connectivity index (χ1v) is 11.1. The summed E-state index contributed by atoms with van der Waals surface area (Å²) < 4.78 is 1.10. The number of thiazole rings is 1. The number of nitrogens with zero attached hydrogens (tertiary/aromatic N) is 5. The van der Waals surface area contributed by atoms with Crippen LogP contribution in [0.1, 0.15) is 21.8 Å². The van der Waals surface area contributed by atoms with Gasteiger partial charge in [0.2, 0.25) is 5.82 Å². The lowest BCUT2D eigenvalue weighted by atomic mass is 10.1. The van der Waals surface area contributed by atoms with E-state index in [4.69, 9.17) is 5.73 Å². The summed E-state index contributed by atoms with van der Waals surface area (Å²) in [4.78, 5) is 18.5. The lowest BCUT2D eigenvalue weighted by molar-refractivity contribution is 0.0957. The molecule has 5 rings (SSSR count). The van der Waals surface area contributed by atoms with Crippen LogP contribution in [0.2, 0.25) is 0 Å². The van der Waals surface area contributed by atoms with Crippen molar-refractivity contribution in [2.24, 2.45) is 0 Å². The maximum atomic E-state index is 12.4. The molecule has 156 valence electrons. The number of aryl methyl sites for hydroxylation is 1. The molecule has 0 radical (unpaired) electrons. The molecule has 0 saturated carbocycles. The van der Waals surface area contributed by atoms with Crippen molar-refractivity contribution in [1.29, 1.82) is 0 Å². The van der Waals surface area contributed by atoms with Crippen molar-refractivity contribution in [2.75, 3.05) is 12.3 Å². The molecule has 0 bridgehead atoms. The van der Waals surface area contributed by atoms with Crippen LogP contribution in [0.5, 0.6) is 0 Å². The summed E-state index contributed by atoms with van der Waals surface area (Å²) in [5.74, 6) is 0.782. The minimum atomic E-state index is -0.129. The Morgan fingerprint density at radius 1 is 1.13 bits per heavy atom. The fraction of sp³-hybridized carbons (Fsp3) is 0.158. The number of hydrogen-bond acceptors (Lipinski definition) is 9. The second kappa shape index (κ2) is 8.24. The second-order valence-electron chi connectivity index (χ2n) is 6.71. The fourth-order valence-corrected chi connectivity index (χ4v) is 5.09. The minimum absolute atomic E-state index is 0.129. The molecule has 4 heterocycles. The van der Waals surface area contributed by atoms with E-state index in [1.165, 1.54) is 11.3 Å². The number of para-hydroxylation sites is 1. The van der Waals surface area contributed by atoms with Gasteiger partial charge in [-0.05, 0) is 42.3 Å². The second-order valence-corrected chi connectivity index (χ2v) is 8.82. The normalized spacial score (nSPS) is 11.2. The summed E-state index contributed by atoms with van der Waals surface area (Å²) in [6, 6.07) is 11.5. The number of nitrogens with two attached hydrogens (primary N) is 1. The molecule has 0 fully saturated rings. The Hall–Kier alpha value is -3.64. The van der Waals surface area contributed by atoms with Gasteiger partial charge in [0.1, 0.15) is 5.01 Å². The Morgan fingerprint density at radius 2 is 2.03 bits per heavy atom. The number of aromatic amines is 2. The van der Waals surface area contributed by atoms with E-state index in [0.29, 0.717) is 29.5 Å². The van der Waals surface area contributed by atoms with Gasteiger partial charge in [-0.15, -0.1) is 32.9 Å². The molecular formula is C19H17N9OS2. The summed E-state index contributed by atoms with van der Waals surface area (Å²) >= 11 is 2.91. The zero-order chi connectivity index (χ0) is 21.2. The van der Waals surface area contributed by atoms with Gasteiger partial charge in [0.15, 0.2) is 5.82 Å². The monoisotopic (exact) mass is 451 g/mol. The molecule has 0 saturated heterocycles. The van der Waals surface area contributed by atoms with Crippen LogP contribution >= 0.6 is 22.7 Å². The van der Waals surface area contributed by atoms with Gasteiger partial charge in [-0.3, -0.25) is 9.89 Å². The van der Waals surface area contributed by atoms with Gasteiger partial charge in [0, 0.05) is 12.2 Å². The van der Waals surface area contributed by atoms with Gasteiger partial charge >= 0.3 is 0 Å². The van der Waals surface area contributed by atoms with E-state index in [1.54, 1.807) is 17.4 Å². The molecule has 0 aliphatic carbocycles. The molecule has 5 N–H and O–H groups in total. The van der Waals surface area contributed by atoms with Gasteiger partial charge in [0.05, 0.1) is 25.5 Å². The fourth-order valence-electron chi connectivity index (χ4n) is 3.19. The molecule has 1 aromatic carbocycles. The minimum Gasteiger partial charge on any atom is -0.382 e. The summed E-state index contributed by atoms with van der Waals surface area (Å²) in [5.41, 5.74) is 8.81. The first-order valence-electron chi connectivity index (χ1n) is 9.49. The molecule has 5 aromatic rings. The summed E-state index contributed by atoms with van der Waals surface area (Å²) in [7, 11) is 0. The van der Waals surface area contributed by atoms with E-state index in [1.807, 2.05) is 30.3 Å². The number of nitrogens with one attached hydrogen (secondary N) is 3. The zero-order valence-corrected chi connectivity index (χ0v) is 17.8. The number of anilines is 1.